The number of nitrogens with zero attached hydrogens (tertiary/aromatic N) is 3. The quantitative estimate of drug-likeness (QED) is 0.503. The summed E-state index contributed by atoms with van der Waals surface area (Å²) in [5.41, 5.74) is 2.20. The lowest BCUT2D eigenvalue weighted by molar-refractivity contribution is -0.0262. The second-order valence-corrected chi connectivity index (χ2v) is 10.4. The molecule has 1 atom stereocenters. The van der Waals surface area contributed by atoms with E-state index in [1.807, 2.05) is 72.8 Å². The first-order valence-corrected chi connectivity index (χ1v) is 12.8. The molecule has 2 aliphatic rings. The van der Waals surface area contributed by atoms with Crippen molar-refractivity contribution in [1.82, 2.24) is 4.90 Å². The second kappa shape index (κ2) is 9.71. The van der Waals surface area contributed by atoms with Gasteiger partial charge in [0.25, 0.3) is 5.91 Å². The molecule has 1 unspecified atom stereocenters. The number of nitriles is 1. The first-order chi connectivity index (χ1) is 17.4. The lowest BCUT2D eigenvalue weighted by atomic mass is 9.71. The van der Waals surface area contributed by atoms with Gasteiger partial charge in [-0.25, -0.2) is 0 Å². The number of likely N-dealkylation sites (tertiary alicyclic amines) is 1. The number of halogens is 1. The van der Waals surface area contributed by atoms with E-state index in [-0.39, 0.29) is 5.91 Å². The van der Waals surface area contributed by atoms with Crippen molar-refractivity contribution in [1.29, 1.82) is 5.26 Å². The zero-order valence-corrected chi connectivity index (χ0v) is 21.2. The zero-order chi connectivity index (χ0) is 25.3. The molecule has 184 valence electrons. The van der Waals surface area contributed by atoms with Gasteiger partial charge in [0.05, 0.1) is 11.7 Å². The summed E-state index contributed by atoms with van der Waals surface area (Å²) in [5, 5.41) is 22.5. The highest BCUT2D eigenvalue weighted by molar-refractivity contribution is 6.30. The summed E-state index contributed by atoms with van der Waals surface area (Å²) >= 11 is 6.02. The molecule has 0 aliphatic carbocycles. The minimum absolute atomic E-state index is 0.0901. The Morgan fingerprint density at radius 1 is 0.972 bits per heavy atom. The highest BCUT2D eigenvalue weighted by Gasteiger charge is 2.43. The largest absolute Gasteiger partial charge is 0.385 e. The van der Waals surface area contributed by atoms with Crippen molar-refractivity contribution in [2.75, 3.05) is 31.6 Å². The van der Waals surface area contributed by atoms with Crippen LogP contribution >= 0.6 is 11.6 Å². The van der Waals surface area contributed by atoms with Crippen LogP contribution in [0.5, 0.6) is 0 Å². The number of piperidine rings is 1. The molecular formula is C30H30ClN3O2. The van der Waals surface area contributed by atoms with E-state index in [4.69, 9.17) is 11.6 Å². The number of benzene rings is 3. The van der Waals surface area contributed by atoms with E-state index in [9.17, 15) is 15.2 Å². The van der Waals surface area contributed by atoms with Crippen molar-refractivity contribution < 1.29 is 9.90 Å². The maximum Gasteiger partial charge on any atom is 0.258 e. The molecule has 2 heterocycles. The summed E-state index contributed by atoms with van der Waals surface area (Å²) in [4.78, 5) is 17.3. The van der Waals surface area contributed by atoms with Gasteiger partial charge < -0.3 is 14.9 Å². The van der Waals surface area contributed by atoms with E-state index in [0.717, 1.165) is 48.4 Å². The lowest BCUT2D eigenvalue weighted by Crippen LogP contribution is -2.43. The summed E-state index contributed by atoms with van der Waals surface area (Å²) in [7, 11) is 1.78. The first kappa shape index (κ1) is 24.5. The molecule has 0 saturated carbocycles. The Hall–Kier alpha value is -3.17. The third kappa shape index (κ3) is 4.20. The monoisotopic (exact) mass is 499 g/mol. The van der Waals surface area contributed by atoms with Gasteiger partial charge in [0.1, 0.15) is 5.41 Å². The minimum Gasteiger partial charge on any atom is -0.385 e. The molecule has 5 nitrogen and oxygen atoms in total. The molecule has 3 aromatic carbocycles. The molecule has 0 aromatic heterocycles. The van der Waals surface area contributed by atoms with E-state index < -0.39 is 11.0 Å². The highest BCUT2D eigenvalue weighted by atomic mass is 35.5. The van der Waals surface area contributed by atoms with Crippen LogP contribution in [0.15, 0.2) is 72.8 Å². The van der Waals surface area contributed by atoms with Crippen LogP contribution in [0, 0.1) is 11.3 Å². The molecule has 2 aliphatic heterocycles. The lowest BCUT2D eigenvalue weighted by Gasteiger charge is -2.39. The zero-order valence-electron chi connectivity index (χ0n) is 20.5. The number of anilines is 1. The standard InChI is InChI=1S/C30H30ClN3O2/c1-33-27-10-5-4-9-26(27)29(21-32,25-8-3-2-7-24(25)28(33)35)15-6-18-34-19-16-30(36,17-20-34)22-11-13-23(31)14-12-22/h2-5,7-14,36H,6,15-20H2,1H3. The van der Waals surface area contributed by atoms with Gasteiger partial charge in [0.2, 0.25) is 0 Å². The smallest absolute Gasteiger partial charge is 0.258 e. The van der Waals surface area contributed by atoms with Crippen LogP contribution < -0.4 is 4.90 Å². The highest BCUT2D eigenvalue weighted by Crippen LogP contribution is 2.45. The molecule has 1 saturated heterocycles. The molecule has 1 N–H and O–H groups in total. The molecule has 36 heavy (non-hydrogen) atoms. The van der Waals surface area contributed by atoms with Crippen LogP contribution in [0.25, 0.3) is 0 Å². The molecule has 1 amide bonds. The Morgan fingerprint density at radius 2 is 1.61 bits per heavy atom. The Morgan fingerprint density at radius 3 is 2.31 bits per heavy atom. The minimum atomic E-state index is -0.909. The van der Waals surface area contributed by atoms with Crippen LogP contribution in [-0.2, 0) is 11.0 Å². The molecule has 1 fully saturated rings. The van der Waals surface area contributed by atoms with Crippen molar-refractivity contribution in [3.05, 3.63) is 100 Å². The number of carbonyl (C=O) groups excluding carboxylic acids is 1. The molecule has 0 radical (unpaired) electrons. The van der Waals surface area contributed by atoms with Crippen molar-refractivity contribution in [3.8, 4) is 6.07 Å². The van der Waals surface area contributed by atoms with Crippen molar-refractivity contribution >= 4 is 23.2 Å². The summed E-state index contributed by atoms with van der Waals surface area (Å²) in [5.74, 6) is -0.0901. The summed E-state index contributed by atoms with van der Waals surface area (Å²) < 4.78 is 0. The first-order valence-electron chi connectivity index (χ1n) is 12.5. The summed E-state index contributed by atoms with van der Waals surface area (Å²) in [6.07, 6.45) is 2.72. The molecule has 0 spiro atoms. The van der Waals surface area contributed by atoms with Gasteiger partial charge in [0.15, 0.2) is 0 Å². The predicted octanol–water partition coefficient (Wildman–Crippen LogP) is 5.50. The fourth-order valence-corrected chi connectivity index (χ4v) is 5.94. The van der Waals surface area contributed by atoms with Crippen LogP contribution in [-0.4, -0.2) is 42.6 Å². The van der Waals surface area contributed by atoms with E-state index >= 15 is 0 Å². The van der Waals surface area contributed by atoms with Crippen LogP contribution in [0.1, 0.15) is 52.7 Å². The Kier molecular flexibility index (Phi) is 6.61. The predicted molar refractivity (Wildman–Crippen MR) is 142 cm³/mol. The number of para-hydroxylation sites is 1. The number of aliphatic hydroxyl groups is 1. The van der Waals surface area contributed by atoms with Crippen LogP contribution in [0.3, 0.4) is 0 Å². The Balaban J connectivity index is 1.35. The molecule has 5 rings (SSSR count). The normalized spacial score (nSPS) is 21.3. The van der Waals surface area contributed by atoms with Gasteiger partial charge in [-0.2, -0.15) is 5.26 Å². The number of rotatable bonds is 5. The van der Waals surface area contributed by atoms with Gasteiger partial charge >= 0.3 is 0 Å². The Labute approximate surface area is 217 Å². The van der Waals surface area contributed by atoms with Crippen molar-refractivity contribution in [2.45, 2.75) is 36.7 Å². The summed E-state index contributed by atoms with van der Waals surface area (Å²) in [6.45, 7) is 2.40. The van der Waals surface area contributed by atoms with E-state index in [2.05, 4.69) is 11.0 Å². The van der Waals surface area contributed by atoms with Gasteiger partial charge in [-0.3, -0.25) is 4.79 Å². The van der Waals surface area contributed by atoms with E-state index in [1.165, 1.54) is 0 Å². The number of carbonyl (C=O) groups is 1. The fraction of sp³-hybridized carbons (Fsp3) is 0.333. The maximum atomic E-state index is 13.3. The topological polar surface area (TPSA) is 67.6 Å². The van der Waals surface area contributed by atoms with Crippen LogP contribution in [0.2, 0.25) is 5.02 Å². The maximum absolute atomic E-state index is 13.3. The van der Waals surface area contributed by atoms with Crippen molar-refractivity contribution in [2.24, 2.45) is 0 Å². The molecular weight excluding hydrogens is 470 g/mol. The van der Waals surface area contributed by atoms with Gasteiger partial charge in [-0.1, -0.05) is 60.1 Å². The third-order valence-corrected chi connectivity index (χ3v) is 8.18. The number of hydrogen-bond acceptors (Lipinski definition) is 4. The summed E-state index contributed by atoms with van der Waals surface area (Å²) in [6, 6.07) is 25.4. The number of fused-ring (bicyclic) bond motifs is 2. The average Bonchev–Trinajstić information content (AvgIpc) is 2.99. The fourth-order valence-electron chi connectivity index (χ4n) is 5.81. The Bertz CT molecular complexity index is 1310. The molecule has 0 bridgehead atoms. The van der Waals surface area contributed by atoms with Crippen LogP contribution in [0.4, 0.5) is 5.69 Å². The molecule has 3 aromatic rings. The number of hydrogen-bond donors (Lipinski definition) is 1. The van der Waals surface area contributed by atoms with Crippen molar-refractivity contribution in [3.63, 3.8) is 0 Å². The van der Waals surface area contributed by atoms with Gasteiger partial charge in [0, 0.05) is 42.0 Å². The SMILES string of the molecule is CN1C(=O)c2ccccc2C(C#N)(CCCN2CCC(O)(c3ccc(Cl)cc3)CC2)c2ccccc21. The third-order valence-electron chi connectivity index (χ3n) is 7.93. The second-order valence-electron chi connectivity index (χ2n) is 9.93. The van der Waals surface area contributed by atoms with Gasteiger partial charge in [-0.15, -0.1) is 0 Å². The average molecular weight is 500 g/mol. The van der Waals surface area contributed by atoms with Gasteiger partial charge in [-0.05, 0) is 67.6 Å². The van der Waals surface area contributed by atoms with E-state index in [1.54, 1.807) is 11.9 Å². The number of amides is 1. The van der Waals surface area contributed by atoms with E-state index in [0.29, 0.717) is 29.8 Å². The molecule has 6 heteroatoms.